The lowest BCUT2D eigenvalue weighted by Gasteiger charge is -2.13. The number of hydrogen-bond donors (Lipinski definition) is 0. The third-order valence-electron chi connectivity index (χ3n) is 28.9. The predicted molar refractivity (Wildman–Crippen MR) is 613 cm³/mol. The van der Waals surface area contributed by atoms with Crippen molar-refractivity contribution in [2.45, 2.75) is 0 Å². The van der Waals surface area contributed by atoms with Crippen molar-refractivity contribution in [1.29, 1.82) is 0 Å². The maximum atomic E-state index is 5.14. The zero-order chi connectivity index (χ0) is 97.6. The fraction of sp³-hybridized carbons (Fsp3) is 0. The molecule has 0 aliphatic rings. The molecule has 30 aromatic rings. The van der Waals surface area contributed by atoms with Gasteiger partial charge in [-0.3, -0.25) is 0 Å². The summed E-state index contributed by atoms with van der Waals surface area (Å²) in [5.41, 5.74) is 36.3. The summed E-state index contributed by atoms with van der Waals surface area (Å²) in [7, 11) is 0. The van der Waals surface area contributed by atoms with Gasteiger partial charge in [0.2, 0.25) is 0 Å². The molecule has 0 atom stereocenters. The first-order chi connectivity index (χ1) is 73.4. The SMILES string of the molecule is c1ccc(-c2cc(-c3ccccc3)nc(-c3ccc(-n4c5ccccc5c5cc6c7ccccc7n(-c7ccccc7)c6cc54)cc3)n2)cc1.c1ccc(-c2cc(-c3ccccc3)nc(-c3cccc(-n4c5ccccc5c5cc6c7ccccc7n(-c7ccccc7)c6cc54)c3)n2)cc1.c1ccc(-c2nc3ccccc3nc2-c2ccc(-n3c4ccccc4c4cc5c6ccccc6n(-c6ccccc6)c5cc43)cc2)cc1. The van der Waals surface area contributed by atoms with Gasteiger partial charge in [0.25, 0.3) is 0 Å². The van der Waals surface area contributed by atoms with Gasteiger partial charge in [0.05, 0.1) is 111 Å². The van der Waals surface area contributed by atoms with Gasteiger partial charge in [-0.05, 0) is 182 Å². The molecular weight excluding hydrogens is 1800 g/mol. The van der Waals surface area contributed by atoms with Crippen molar-refractivity contribution >= 4 is 142 Å². The monoisotopic (exact) mass is 1890 g/mol. The maximum absolute atomic E-state index is 5.14. The molecule has 30 rings (SSSR count). The van der Waals surface area contributed by atoms with Crippen LogP contribution < -0.4 is 0 Å². The highest BCUT2D eigenvalue weighted by molar-refractivity contribution is 6.23. The number of rotatable bonds is 14. The summed E-state index contributed by atoms with van der Waals surface area (Å²) < 4.78 is 14.3. The van der Waals surface area contributed by atoms with Crippen molar-refractivity contribution in [3.8, 4) is 124 Å². The highest BCUT2D eigenvalue weighted by Gasteiger charge is 2.26. The van der Waals surface area contributed by atoms with Gasteiger partial charge in [-0.25, -0.2) is 29.9 Å². The lowest BCUT2D eigenvalue weighted by molar-refractivity contribution is 1.15. The molecule has 9 aromatic heterocycles. The van der Waals surface area contributed by atoms with Crippen LogP contribution in [0, 0.1) is 0 Å². The molecule has 692 valence electrons. The zero-order valence-corrected chi connectivity index (χ0v) is 80.2. The third-order valence-corrected chi connectivity index (χ3v) is 28.9. The van der Waals surface area contributed by atoms with E-state index in [0.717, 1.165) is 135 Å². The van der Waals surface area contributed by atoms with Gasteiger partial charge < -0.3 is 27.4 Å². The van der Waals surface area contributed by atoms with Gasteiger partial charge in [0, 0.05) is 143 Å². The number of nitrogens with zero attached hydrogens (tertiary/aromatic N) is 12. The molecule has 0 unspecified atom stereocenters. The van der Waals surface area contributed by atoms with E-state index < -0.39 is 0 Å². The second kappa shape index (κ2) is 36.2. The molecule has 0 spiro atoms. The van der Waals surface area contributed by atoms with Crippen LogP contribution in [0.5, 0.6) is 0 Å². The molecule has 0 fully saturated rings. The molecule has 0 amide bonds. The summed E-state index contributed by atoms with van der Waals surface area (Å²) in [6, 6.07) is 189. The molecule has 21 aromatic carbocycles. The largest absolute Gasteiger partial charge is 0.309 e. The second-order valence-corrected chi connectivity index (χ2v) is 37.6. The van der Waals surface area contributed by atoms with Crippen molar-refractivity contribution in [2.75, 3.05) is 0 Å². The first-order valence-corrected chi connectivity index (χ1v) is 50.1. The molecule has 0 aliphatic heterocycles. The van der Waals surface area contributed by atoms with Crippen molar-refractivity contribution in [2.24, 2.45) is 0 Å². The number of benzene rings is 21. The Kier molecular flexibility index (Phi) is 21.0. The summed E-state index contributed by atoms with van der Waals surface area (Å²) in [5, 5.41) is 14.9. The van der Waals surface area contributed by atoms with Crippen molar-refractivity contribution in [1.82, 2.24) is 57.3 Å². The number of fused-ring (bicyclic) bond motifs is 19. The van der Waals surface area contributed by atoms with Crippen LogP contribution in [0.3, 0.4) is 0 Å². The van der Waals surface area contributed by atoms with Crippen LogP contribution in [0.1, 0.15) is 0 Å². The Hall–Kier alpha value is -20.1. The minimum absolute atomic E-state index is 0.694. The Balaban J connectivity index is 0.000000107. The molecule has 0 saturated carbocycles. The van der Waals surface area contributed by atoms with Gasteiger partial charge in [-0.1, -0.05) is 352 Å². The average Bonchev–Trinajstić information content (AvgIpc) is 1.56. The quantitative estimate of drug-likeness (QED) is 0.107. The highest BCUT2D eigenvalue weighted by atomic mass is 15.0. The first kappa shape index (κ1) is 85.9. The van der Waals surface area contributed by atoms with Gasteiger partial charge in [-0.2, -0.15) is 0 Å². The fourth-order valence-corrected chi connectivity index (χ4v) is 22.2. The number of aromatic nitrogens is 12. The van der Waals surface area contributed by atoms with E-state index in [1.807, 2.05) is 78.9 Å². The number of para-hydroxylation sites is 11. The number of hydrogen-bond acceptors (Lipinski definition) is 6. The lowest BCUT2D eigenvalue weighted by Crippen LogP contribution is -1.98. The van der Waals surface area contributed by atoms with Crippen molar-refractivity contribution < 1.29 is 0 Å². The van der Waals surface area contributed by atoms with Crippen LogP contribution in [0.15, 0.2) is 534 Å². The highest BCUT2D eigenvalue weighted by Crippen LogP contribution is 2.47. The van der Waals surface area contributed by atoms with Crippen molar-refractivity contribution in [3.63, 3.8) is 0 Å². The summed E-state index contributed by atoms with van der Waals surface area (Å²) in [6.07, 6.45) is 0. The van der Waals surface area contributed by atoms with Crippen LogP contribution >= 0.6 is 0 Å². The molecule has 0 N–H and O–H groups in total. The first-order valence-electron chi connectivity index (χ1n) is 50.1. The van der Waals surface area contributed by atoms with E-state index >= 15 is 0 Å². The second-order valence-electron chi connectivity index (χ2n) is 37.6. The smallest absolute Gasteiger partial charge is 0.160 e. The molecule has 0 saturated heterocycles. The normalized spacial score (nSPS) is 11.6. The molecule has 0 bridgehead atoms. The van der Waals surface area contributed by atoms with Crippen LogP contribution in [0.4, 0.5) is 0 Å². The van der Waals surface area contributed by atoms with E-state index in [-0.39, 0.29) is 0 Å². The van der Waals surface area contributed by atoms with E-state index in [4.69, 9.17) is 29.9 Å². The van der Waals surface area contributed by atoms with Gasteiger partial charge in [-0.15, -0.1) is 0 Å². The van der Waals surface area contributed by atoms with Gasteiger partial charge in [0.1, 0.15) is 0 Å². The van der Waals surface area contributed by atoms with E-state index in [1.165, 1.54) is 120 Å². The minimum Gasteiger partial charge on any atom is -0.309 e. The van der Waals surface area contributed by atoms with E-state index in [9.17, 15) is 0 Å². The molecule has 9 heterocycles. The lowest BCUT2D eigenvalue weighted by atomic mass is 10.0. The van der Waals surface area contributed by atoms with Crippen LogP contribution in [0.2, 0.25) is 0 Å². The molecule has 12 heteroatoms. The topological polar surface area (TPSA) is 107 Å². The van der Waals surface area contributed by atoms with E-state index in [0.29, 0.717) is 11.6 Å². The summed E-state index contributed by atoms with van der Waals surface area (Å²) in [5.74, 6) is 1.40. The third kappa shape index (κ3) is 14.9. The maximum Gasteiger partial charge on any atom is 0.160 e. The molecule has 12 nitrogen and oxygen atoms in total. The van der Waals surface area contributed by atoms with Gasteiger partial charge >= 0.3 is 0 Å². The fourth-order valence-electron chi connectivity index (χ4n) is 22.2. The van der Waals surface area contributed by atoms with Crippen LogP contribution in [0.25, 0.3) is 266 Å². The van der Waals surface area contributed by atoms with E-state index in [1.54, 1.807) is 0 Å². The van der Waals surface area contributed by atoms with Crippen molar-refractivity contribution in [3.05, 3.63) is 534 Å². The molecular formula is C136H88N12. The average molecular weight is 1890 g/mol. The Morgan fingerprint density at radius 3 is 0.615 bits per heavy atom. The molecule has 0 radical (unpaired) electrons. The Labute approximate surface area is 851 Å². The Bertz CT molecular complexity index is 10300. The summed E-state index contributed by atoms with van der Waals surface area (Å²) in [4.78, 5) is 30.6. The standard InChI is InChI=1S/2C46H30N4.C44H28N4/c1-4-15-31(16-5-1)40-29-41(32-17-6-2-7-18-32)48-46(47-40)33-19-14-22-35(27-33)50-43-26-13-11-24-37(43)39-28-38-36-23-10-12-25-42(36)49(44(38)30-45(39)50)34-20-8-3-9-21-34;1-4-14-31(15-5-1)40-29-41(32-16-6-2-7-17-32)48-46(47-40)33-24-26-35(27-25-33)50-43-23-13-11-21-37(43)39-28-38-36-20-10-12-22-42(36)49(44(38)30-45(39)50)34-18-8-3-9-19-34;1-3-13-29(14-4-1)43-44(46-38-20-10-9-19-37(38)45-43)30-23-25-32(26-24-30)48-40-22-12-8-18-34(40)36-27-35-33-17-7-11-21-39(33)47(41(35)28-42(36)48)31-15-5-2-6-16-31/h2*1-30H;1-28H. The van der Waals surface area contributed by atoms with Gasteiger partial charge in [0.15, 0.2) is 11.6 Å². The predicted octanol–water partition coefficient (Wildman–Crippen LogP) is 34.5. The summed E-state index contributed by atoms with van der Waals surface area (Å²) >= 11 is 0. The molecule has 148 heavy (non-hydrogen) atoms. The van der Waals surface area contributed by atoms with Crippen LogP contribution in [-0.2, 0) is 0 Å². The Morgan fingerprint density at radius 2 is 0.324 bits per heavy atom. The van der Waals surface area contributed by atoms with E-state index in [2.05, 4.69) is 482 Å². The Morgan fingerprint density at radius 1 is 0.115 bits per heavy atom. The summed E-state index contributed by atoms with van der Waals surface area (Å²) in [6.45, 7) is 0. The molecule has 0 aliphatic carbocycles. The van der Waals surface area contributed by atoms with Crippen LogP contribution in [-0.4, -0.2) is 57.3 Å². The zero-order valence-electron chi connectivity index (χ0n) is 80.2. The minimum atomic E-state index is 0.694.